The molecular formula is C11H16O4. The molecule has 1 aliphatic rings. The Morgan fingerprint density at radius 2 is 2.20 bits per heavy atom. The predicted molar refractivity (Wildman–Crippen MR) is 53.8 cm³/mol. The first-order chi connectivity index (χ1) is 7.10. The first-order valence-corrected chi connectivity index (χ1v) is 5.20. The van der Waals surface area contributed by atoms with Crippen LogP contribution in [0.5, 0.6) is 0 Å². The van der Waals surface area contributed by atoms with Crippen molar-refractivity contribution in [2.45, 2.75) is 27.2 Å². The summed E-state index contributed by atoms with van der Waals surface area (Å²) in [6.07, 6.45) is 2.38. The maximum Gasteiger partial charge on any atom is 0.374 e. The normalized spacial score (nSPS) is 25.5. The van der Waals surface area contributed by atoms with E-state index < -0.39 is 5.97 Å². The van der Waals surface area contributed by atoms with Crippen molar-refractivity contribution >= 4 is 11.9 Å². The minimum absolute atomic E-state index is 0.0238. The van der Waals surface area contributed by atoms with Crippen LogP contribution in [0.2, 0.25) is 0 Å². The van der Waals surface area contributed by atoms with E-state index in [0.29, 0.717) is 6.42 Å². The lowest BCUT2D eigenvalue weighted by Crippen LogP contribution is -2.30. The number of ether oxygens (including phenoxy) is 2. The molecule has 0 aromatic rings. The van der Waals surface area contributed by atoms with E-state index in [2.05, 4.69) is 0 Å². The van der Waals surface area contributed by atoms with Gasteiger partial charge in [0.15, 0.2) is 0 Å². The fourth-order valence-corrected chi connectivity index (χ4v) is 1.64. The number of cyclic esters (lactones) is 1. The molecule has 0 amide bonds. The van der Waals surface area contributed by atoms with Crippen LogP contribution in [0.1, 0.15) is 27.2 Å². The van der Waals surface area contributed by atoms with Gasteiger partial charge in [0.2, 0.25) is 5.76 Å². The molecule has 4 heteroatoms. The second-order valence-electron chi connectivity index (χ2n) is 3.55. The Bertz CT molecular complexity index is 293. The van der Waals surface area contributed by atoms with Crippen molar-refractivity contribution in [3.05, 3.63) is 11.8 Å². The summed E-state index contributed by atoms with van der Waals surface area (Å²) in [5.41, 5.74) is 0. The number of rotatable bonds is 3. The van der Waals surface area contributed by atoms with Gasteiger partial charge in [-0.1, -0.05) is 13.8 Å². The molecule has 0 fully saturated rings. The highest BCUT2D eigenvalue weighted by Crippen LogP contribution is 2.26. The molecule has 1 rings (SSSR count). The maximum atomic E-state index is 11.5. The lowest BCUT2D eigenvalue weighted by molar-refractivity contribution is -0.156. The van der Waals surface area contributed by atoms with Crippen molar-refractivity contribution in [3.8, 4) is 0 Å². The molecule has 0 aromatic heterocycles. The second-order valence-corrected chi connectivity index (χ2v) is 3.55. The number of allylic oxidation sites excluding steroid dienone is 1. The molecule has 2 atom stereocenters. The molecule has 1 heterocycles. The van der Waals surface area contributed by atoms with Gasteiger partial charge in [-0.05, 0) is 25.3 Å². The maximum absolute atomic E-state index is 11.5. The number of esters is 2. The third-order valence-corrected chi connectivity index (χ3v) is 2.48. The lowest BCUT2D eigenvalue weighted by Gasteiger charge is -2.24. The summed E-state index contributed by atoms with van der Waals surface area (Å²) in [6, 6.07) is 0. The highest BCUT2D eigenvalue weighted by atomic mass is 16.6. The van der Waals surface area contributed by atoms with Crippen LogP contribution in [0, 0.1) is 11.8 Å². The van der Waals surface area contributed by atoms with Gasteiger partial charge in [0.1, 0.15) is 0 Å². The van der Waals surface area contributed by atoms with Gasteiger partial charge in [-0.2, -0.15) is 0 Å². The molecule has 15 heavy (non-hydrogen) atoms. The van der Waals surface area contributed by atoms with E-state index in [1.807, 2.05) is 13.8 Å². The summed E-state index contributed by atoms with van der Waals surface area (Å²) < 4.78 is 9.68. The lowest BCUT2D eigenvalue weighted by atomic mass is 9.89. The summed E-state index contributed by atoms with van der Waals surface area (Å²) in [4.78, 5) is 22.8. The first-order valence-electron chi connectivity index (χ1n) is 5.20. The van der Waals surface area contributed by atoms with Crippen molar-refractivity contribution < 1.29 is 19.1 Å². The fraction of sp³-hybridized carbons (Fsp3) is 0.636. The first kappa shape index (κ1) is 11.8. The quantitative estimate of drug-likeness (QED) is 0.667. The van der Waals surface area contributed by atoms with E-state index in [-0.39, 0.29) is 30.2 Å². The fourth-order valence-electron chi connectivity index (χ4n) is 1.64. The van der Waals surface area contributed by atoms with E-state index in [1.165, 1.54) is 0 Å². The minimum atomic E-state index is -0.563. The Kier molecular flexibility index (Phi) is 3.88. The molecule has 1 aliphatic heterocycles. The largest absolute Gasteiger partial charge is 0.460 e. The Labute approximate surface area is 89.2 Å². The van der Waals surface area contributed by atoms with Crippen LogP contribution in [0.25, 0.3) is 0 Å². The van der Waals surface area contributed by atoms with Crippen LogP contribution in [-0.2, 0) is 19.1 Å². The summed E-state index contributed by atoms with van der Waals surface area (Å²) in [7, 11) is 0. The predicted octanol–water partition coefficient (Wildman–Crippen LogP) is 1.65. The molecule has 0 aromatic carbocycles. The van der Waals surface area contributed by atoms with E-state index >= 15 is 0 Å². The molecule has 4 nitrogen and oxygen atoms in total. The van der Waals surface area contributed by atoms with Gasteiger partial charge >= 0.3 is 11.9 Å². The average Bonchev–Trinajstić information content (AvgIpc) is 2.17. The molecule has 0 bridgehead atoms. The third kappa shape index (κ3) is 2.58. The Morgan fingerprint density at radius 1 is 1.53 bits per heavy atom. The van der Waals surface area contributed by atoms with Crippen LogP contribution >= 0.6 is 0 Å². The molecule has 0 spiro atoms. The number of carbonyl (C=O) groups is 2. The van der Waals surface area contributed by atoms with Gasteiger partial charge in [-0.15, -0.1) is 0 Å². The Morgan fingerprint density at radius 3 is 2.67 bits per heavy atom. The molecule has 0 N–H and O–H groups in total. The molecule has 0 saturated carbocycles. The van der Waals surface area contributed by atoms with E-state index in [1.54, 1.807) is 13.0 Å². The van der Waals surface area contributed by atoms with Crippen LogP contribution < -0.4 is 0 Å². The molecular weight excluding hydrogens is 196 g/mol. The van der Waals surface area contributed by atoms with E-state index in [9.17, 15) is 9.59 Å². The van der Waals surface area contributed by atoms with E-state index in [4.69, 9.17) is 9.47 Å². The summed E-state index contributed by atoms with van der Waals surface area (Å²) in [5, 5.41) is 0. The van der Waals surface area contributed by atoms with Crippen LogP contribution in [0.3, 0.4) is 0 Å². The zero-order valence-corrected chi connectivity index (χ0v) is 9.28. The van der Waals surface area contributed by atoms with Crippen LogP contribution in [-0.4, -0.2) is 18.5 Å². The molecule has 0 aliphatic carbocycles. The van der Waals surface area contributed by atoms with E-state index in [0.717, 1.165) is 0 Å². The van der Waals surface area contributed by atoms with Crippen LogP contribution in [0.4, 0.5) is 0 Å². The van der Waals surface area contributed by atoms with Gasteiger partial charge in [0, 0.05) is 0 Å². The minimum Gasteiger partial charge on any atom is -0.460 e. The summed E-state index contributed by atoms with van der Waals surface area (Å²) in [5.74, 6) is -0.999. The van der Waals surface area contributed by atoms with Crippen molar-refractivity contribution in [1.82, 2.24) is 0 Å². The van der Waals surface area contributed by atoms with Crippen LogP contribution in [0.15, 0.2) is 11.8 Å². The third-order valence-electron chi connectivity index (χ3n) is 2.48. The van der Waals surface area contributed by atoms with Gasteiger partial charge in [0.05, 0.1) is 12.5 Å². The average molecular weight is 212 g/mol. The number of hydrogen-bond donors (Lipinski definition) is 0. The highest BCUT2D eigenvalue weighted by Gasteiger charge is 2.32. The monoisotopic (exact) mass is 212 g/mol. The zero-order chi connectivity index (χ0) is 11.4. The van der Waals surface area contributed by atoms with Crippen molar-refractivity contribution in [2.24, 2.45) is 11.8 Å². The molecule has 0 saturated heterocycles. The Hall–Kier alpha value is -1.32. The topological polar surface area (TPSA) is 52.6 Å². The van der Waals surface area contributed by atoms with Gasteiger partial charge in [-0.3, -0.25) is 4.79 Å². The molecule has 84 valence electrons. The van der Waals surface area contributed by atoms with Gasteiger partial charge < -0.3 is 9.47 Å². The standard InChI is InChI=1S/C11H16O4/c1-4-8-7(3)6-9(15-10(8)12)11(13)14-5-2/h6-8H,4-5H2,1-3H3/t7-,8+/m0/s1. The van der Waals surface area contributed by atoms with Crippen molar-refractivity contribution in [3.63, 3.8) is 0 Å². The van der Waals surface area contributed by atoms with Crippen molar-refractivity contribution in [1.29, 1.82) is 0 Å². The summed E-state index contributed by atoms with van der Waals surface area (Å²) >= 11 is 0. The molecule has 0 radical (unpaired) electrons. The van der Waals surface area contributed by atoms with Crippen molar-refractivity contribution in [2.75, 3.05) is 6.61 Å². The molecule has 0 unspecified atom stereocenters. The second kappa shape index (κ2) is 4.96. The number of carbonyl (C=O) groups excluding carboxylic acids is 2. The Balaban J connectivity index is 2.78. The summed E-state index contributed by atoms with van der Waals surface area (Å²) in [6.45, 7) is 5.81. The van der Waals surface area contributed by atoms with Gasteiger partial charge in [0.25, 0.3) is 0 Å². The zero-order valence-electron chi connectivity index (χ0n) is 9.28. The van der Waals surface area contributed by atoms with Gasteiger partial charge in [-0.25, -0.2) is 4.79 Å². The smallest absolute Gasteiger partial charge is 0.374 e. The highest BCUT2D eigenvalue weighted by molar-refractivity contribution is 5.91. The number of hydrogen-bond acceptors (Lipinski definition) is 4. The SMILES string of the molecule is CCOC(=O)C1=C[C@H](C)[C@@H](CC)C(=O)O1.